The number of nitrogens with zero attached hydrogens (tertiary/aromatic N) is 4. The number of piperidine rings is 1. The van der Waals surface area contributed by atoms with Crippen LogP contribution in [0.25, 0.3) is 16.9 Å². The maximum Gasteiger partial charge on any atom is 0.222 e. The van der Waals surface area contributed by atoms with Gasteiger partial charge in [0.2, 0.25) is 5.91 Å². The van der Waals surface area contributed by atoms with Gasteiger partial charge in [-0.25, -0.2) is 9.50 Å². The second-order valence-corrected chi connectivity index (χ2v) is 7.95. The average molecular weight is 397 g/mol. The van der Waals surface area contributed by atoms with Crippen LogP contribution in [0.1, 0.15) is 42.6 Å². The lowest BCUT2D eigenvalue weighted by Gasteiger charge is -2.26. The van der Waals surface area contributed by atoms with E-state index in [1.807, 2.05) is 46.7 Å². The highest BCUT2D eigenvalue weighted by Gasteiger charge is 2.18. The molecule has 28 heavy (non-hydrogen) atoms. The van der Waals surface area contributed by atoms with Crippen LogP contribution in [0.3, 0.4) is 0 Å². The topological polar surface area (TPSA) is 50.5 Å². The molecular formula is C22H25ClN4O. The van der Waals surface area contributed by atoms with Crippen LogP contribution in [0.2, 0.25) is 5.02 Å². The van der Waals surface area contributed by atoms with E-state index in [1.165, 1.54) is 6.42 Å². The van der Waals surface area contributed by atoms with Crippen LogP contribution in [-0.2, 0) is 11.2 Å². The zero-order chi connectivity index (χ0) is 19.7. The fourth-order valence-electron chi connectivity index (χ4n) is 3.98. The van der Waals surface area contributed by atoms with E-state index in [0.29, 0.717) is 17.9 Å². The summed E-state index contributed by atoms with van der Waals surface area (Å²) in [5.41, 5.74) is 5.84. The van der Waals surface area contributed by atoms with Gasteiger partial charge < -0.3 is 4.90 Å². The van der Waals surface area contributed by atoms with Gasteiger partial charge in [-0.15, -0.1) is 0 Å². The number of aromatic nitrogens is 3. The van der Waals surface area contributed by atoms with Gasteiger partial charge in [0.1, 0.15) is 0 Å². The van der Waals surface area contributed by atoms with Crippen LogP contribution in [0.5, 0.6) is 0 Å². The quantitative estimate of drug-likeness (QED) is 0.647. The Morgan fingerprint density at radius 1 is 1.11 bits per heavy atom. The number of carbonyl (C=O) groups excluding carboxylic acids is 1. The first-order chi connectivity index (χ1) is 13.5. The first kappa shape index (κ1) is 18.9. The van der Waals surface area contributed by atoms with Gasteiger partial charge in [-0.2, -0.15) is 5.10 Å². The molecular weight excluding hydrogens is 372 g/mol. The van der Waals surface area contributed by atoms with Crippen molar-refractivity contribution in [3.05, 3.63) is 52.3 Å². The Bertz CT molecular complexity index is 1000. The molecule has 0 spiro atoms. The maximum atomic E-state index is 12.5. The molecule has 1 amide bonds. The van der Waals surface area contributed by atoms with E-state index in [2.05, 4.69) is 6.92 Å². The van der Waals surface area contributed by atoms with Gasteiger partial charge >= 0.3 is 0 Å². The molecule has 1 fully saturated rings. The van der Waals surface area contributed by atoms with Crippen LogP contribution in [-0.4, -0.2) is 38.5 Å². The zero-order valence-corrected chi connectivity index (χ0v) is 17.2. The van der Waals surface area contributed by atoms with E-state index in [1.54, 1.807) is 0 Å². The summed E-state index contributed by atoms with van der Waals surface area (Å²) in [6.07, 6.45) is 4.71. The van der Waals surface area contributed by atoms with Crippen molar-refractivity contribution in [1.82, 2.24) is 19.5 Å². The van der Waals surface area contributed by atoms with Gasteiger partial charge in [-0.1, -0.05) is 23.7 Å². The van der Waals surface area contributed by atoms with Gasteiger partial charge in [-0.05, 0) is 57.2 Å². The number of benzene rings is 1. The molecule has 3 heterocycles. The van der Waals surface area contributed by atoms with Crippen LogP contribution < -0.4 is 0 Å². The Morgan fingerprint density at radius 3 is 2.54 bits per heavy atom. The molecule has 0 saturated carbocycles. The van der Waals surface area contributed by atoms with E-state index >= 15 is 0 Å². The number of amides is 1. The number of rotatable bonds is 4. The second kappa shape index (κ2) is 7.92. The molecule has 6 heteroatoms. The molecule has 0 unspecified atom stereocenters. The van der Waals surface area contributed by atoms with Crippen molar-refractivity contribution in [2.24, 2.45) is 0 Å². The molecule has 0 N–H and O–H groups in total. The standard InChI is InChI=1S/C22H25ClN4O/c1-15-19(10-11-22(28)26-12-4-3-5-13-26)16(2)27-21(24-15)14-20(25-27)17-6-8-18(23)9-7-17/h6-9,14H,3-5,10-13H2,1-2H3. The first-order valence-electron chi connectivity index (χ1n) is 9.92. The summed E-state index contributed by atoms with van der Waals surface area (Å²) in [7, 11) is 0. The summed E-state index contributed by atoms with van der Waals surface area (Å²) in [5, 5.41) is 5.45. The van der Waals surface area contributed by atoms with Gasteiger partial charge in [0.15, 0.2) is 5.65 Å². The van der Waals surface area contributed by atoms with Crippen molar-refractivity contribution < 1.29 is 4.79 Å². The minimum Gasteiger partial charge on any atom is -0.343 e. The molecule has 1 saturated heterocycles. The minimum atomic E-state index is 0.251. The zero-order valence-electron chi connectivity index (χ0n) is 16.4. The first-order valence-corrected chi connectivity index (χ1v) is 10.3. The largest absolute Gasteiger partial charge is 0.343 e. The third-order valence-electron chi connectivity index (χ3n) is 5.60. The summed E-state index contributed by atoms with van der Waals surface area (Å²) in [6.45, 7) is 5.87. The summed E-state index contributed by atoms with van der Waals surface area (Å²) >= 11 is 5.99. The number of hydrogen-bond acceptors (Lipinski definition) is 3. The van der Waals surface area contributed by atoms with Crippen molar-refractivity contribution in [2.45, 2.75) is 46.0 Å². The average Bonchev–Trinajstić information content (AvgIpc) is 3.13. The molecule has 1 aliphatic heterocycles. The second-order valence-electron chi connectivity index (χ2n) is 7.51. The molecule has 5 nitrogen and oxygen atoms in total. The monoisotopic (exact) mass is 396 g/mol. The number of carbonyl (C=O) groups is 1. The van der Waals surface area contributed by atoms with Crippen molar-refractivity contribution >= 4 is 23.2 Å². The predicted octanol–water partition coefficient (Wildman–Crippen LogP) is 4.61. The summed E-state index contributed by atoms with van der Waals surface area (Å²) in [6, 6.07) is 9.65. The smallest absolute Gasteiger partial charge is 0.222 e. The fraction of sp³-hybridized carbons (Fsp3) is 0.409. The summed E-state index contributed by atoms with van der Waals surface area (Å²) in [5.74, 6) is 0.251. The Labute approximate surface area is 170 Å². The van der Waals surface area contributed by atoms with Crippen molar-refractivity contribution in [3.8, 4) is 11.3 Å². The lowest BCUT2D eigenvalue weighted by molar-refractivity contribution is -0.132. The predicted molar refractivity (Wildman–Crippen MR) is 112 cm³/mol. The van der Waals surface area contributed by atoms with Crippen LogP contribution >= 0.6 is 11.6 Å². The third-order valence-corrected chi connectivity index (χ3v) is 5.85. The lowest BCUT2D eigenvalue weighted by atomic mass is 10.0. The van der Waals surface area contributed by atoms with Crippen LogP contribution in [0, 0.1) is 13.8 Å². The number of fused-ring (bicyclic) bond motifs is 1. The Balaban J connectivity index is 1.58. The molecule has 4 rings (SSSR count). The highest BCUT2D eigenvalue weighted by molar-refractivity contribution is 6.30. The van der Waals surface area contributed by atoms with E-state index in [0.717, 1.165) is 59.8 Å². The Hall–Kier alpha value is -2.40. The highest BCUT2D eigenvalue weighted by atomic mass is 35.5. The number of halogens is 1. The number of aryl methyl sites for hydroxylation is 2. The SMILES string of the molecule is Cc1nc2cc(-c3ccc(Cl)cc3)nn2c(C)c1CCC(=O)N1CCCCC1. The molecule has 0 atom stereocenters. The van der Waals surface area contributed by atoms with E-state index in [4.69, 9.17) is 21.7 Å². The van der Waals surface area contributed by atoms with Gasteiger partial charge in [0.25, 0.3) is 0 Å². The van der Waals surface area contributed by atoms with E-state index in [-0.39, 0.29) is 5.91 Å². The van der Waals surface area contributed by atoms with E-state index in [9.17, 15) is 4.79 Å². The van der Waals surface area contributed by atoms with Crippen LogP contribution in [0.15, 0.2) is 30.3 Å². The lowest BCUT2D eigenvalue weighted by Crippen LogP contribution is -2.35. The molecule has 1 aromatic carbocycles. The highest BCUT2D eigenvalue weighted by Crippen LogP contribution is 2.24. The summed E-state index contributed by atoms with van der Waals surface area (Å²) in [4.78, 5) is 19.3. The van der Waals surface area contributed by atoms with Gasteiger partial charge in [-0.3, -0.25) is 4.79 Å². The fourth-order valence-corrected chi connectivity index (χ4v) is 4.11. The van der Waals surface area contributed by atoms with Crippen molar-refractivity contribution in [2.75, 3.05) is 13.1 Å². The number of likely N-dealkylation sites (tertiary alicyclic amines) is 1. The maximum absolute atomic E-state index is 12.5. The molecule has 1 aliphatic rings. The molecule has 0 aliphatic carbocycles. The molecule has 3 aromatic rings. The minimum absolute atomic E-state index is 0.251. The van der Waals surface area contributed by atoms with Crippen molar-refractivity contribution in [1.29, 1.82) is 0 Å². The molecule has 0 radical (unpaired) electrons. The Morgan fingerprint density at radius 2 is 1.82 bits per heavy atom. The number of hydrogen-bond donors (Lipinski definition) is 0. The van der Waals surface area contributed by atoms with Crippen LogP contribution in [0.4, 0.5) is 0 Å². The third kappa shape index (κ3) is 3.76. The summed E-state index contributed by atoms with van der Waals surface area (Å²) < 4.78 is 1.89. The molecule has 146 valence electrons. The Kier molecular flexibility index (Phi) is 5.36. The van der Waals surface area contributed by atoms with Gasteiger partial charge in [0, 0.05) is 47.6 Å². The molecule has 0 bridgehead atoms. The normalized spacial score (nSPS) is 14.6. The van der Waals surface area contributed by atoms with Crippen molar-refractivity contribution in [3.63, 3.8) is 0 Å². The van der Waals surface area contributed by atoms with E-state index < -0.39 is 0 Å². The molecule has 2 aromatic heterocycles. The van der Waals surface area contributed by atoms with Gasteiger partial charge in [0.05, 0.1) is 5.69 Å².